The highest BCUT2D eigenvalue weighted by Gasteiger charge is 1.97. The number of carbonyl (C=O) groups is 2. The first kappa shape index (κ1) is 9.94. The molecule has 1 radical (unpaired) electrons. The van der Waals surface area contributed by atoms with Crippen LogP contribution in [-0.4, -0.2) is 18.4 Å². The van der Waals surface area contributed by atoms with Crippen LogP contribution in [-0.2, 0) is 9.59 Å². The first-order valence-corrected chi connectivity index (χ1v) is 3.68. The maximum Gasteiger partial charge on any atom is 0.238 e. The molecule has 4 heteroatoms. The minimum Gasteiger partial charge on any atom is -0.356 e. The smallest absolute Gasteiger partial charge is 0.238 e. The van der Waals surface area contributed by atoms with E-state index in [2.05, 4.69) is 5.32 Å². The van der Waals surface area contributed by atoms with Gasteiger partial charge in [-0.15, -0.1) is 0 Å². The maximum absolute atomic E-state index is 10.6. The Morgan fingerprint density at radius 3 is 2.55 bits per heavy atom. The van der Waals surface area contributed by atoms with E-state index in [0.29, 0.717) is 19.4 Å². The average molecular weight is 157 g/mol. The Labute approximate surface area is 66.1 Å². The van der Waals surface area contributed by atoms with Gasteiger partial charge >= 0.3 is 0 Å². The van der Waals surface area contributed by atoms with Gasteiger partial charge in [-0.25, -0.2) is 0 Å². The van der Waals surface area contributed by atoms with Crippen LogP contribution in [0.1, 0.15) is 26.2 Å². The number of hydrogen-bond acceptors (Lipinski definition) is 2. The Hall–Kier alpha value is -1.06. The molecule has 0 aromatic heterocycles. The van der Waals surface area contributed by atoms with Crippen molar-refractivity contribution in [3.8, 4) is 0 Å². The molecule has 0 unspecified atom stereocenters. The van der Waals surface area contributed by atoms with Crippen molar-refractivity contribution in [2.24, 2.45) is 0 Å². The minimum atomic E-state index is -0.573. The van der Waals surface area contributed by atoms with Crippen LogP contribution < -0.4 is 11.1 Å². The summed E-state index contributed by atoms with van der Waals surface area (Å²) in [5, 5.41) is 2.61. The molecule has 2 N–H and O–H groups in total. The molecule has 0 aromatic rings. The molecule has 0 saturated carbocycles. The van der Waals surface area contributed by atoms with E-state index in [4.69, 9.17) is 5.73 Å². The van der Waals surface area contributed by atoms with Gasteiger partial charge in [0.1, 0.15) is 0 Å². The van der Waals surface area contributed by atoms with E-state index in [0.717, 1.165) is 0 Å². The third-order valence-corrected chi connectivity index (χ3v) is 1.22. The molecule has 0 rings (SSSR count). The van der Waals surface area contributed by atoms with Gasteiger partial charge < -0.3 is 5.32 Å². The summed E-state index contributed by atoms with van der Waals surface area (Å²) in [7, 11) is 0. The van der Waals surface area contributed by atoms with Gasteiger partial charge in [0.15, 0.2) is 0 Å². The monoisotopic (exact) mass is 157 g/mol. The predicted octanol–water partition coefficient (Wildman–Crippen LogP) is 0.102. The van der Waals surface area contributed by atoms with Crippen LogP contribution in [0.25, 0.3) is 0 Å². The lowest BCUT2D eigenvalue weighted by molar-refractivity contribution is -0.121. The molecule has 63 valence electrons. The van der Waals surface area contributed by atoms with E-state index in [-0.39, 0.29) is 12.3 Å². The van der Waals surface area contributed by atoms with Gasteiger partial charge in [-0.3, -0.25) is 15.3 Å². The summed E-state index contributed by atoms with van der Waals surface area (Å²) < 4.78 is 0. The van der Waals surface area contributed by atoms with Crippen LogP contribution in [0, 0.1) is 0 Å². The Morgan fingerprint density at radius 2 is 2.09 bits per heavy atom. The van der Waals surface area contributed by atoms with Crippen molar-refractivity contribution in [2.75, 3.05) is 6.54 Å². The van der Waals surface area contributed by atoms with E-state index >= 15 is 0 Å². The average Bonchev–Trinajstić information content (AvgIpc) is 1.97. The fourth-order valence-corrected chi connectivity index (χ4v) is 0.602. The molecule has 0 aliphatic carbocycles. The van der Waals surface area contributed by atoms with Crippen molar-refractivity contribution in [3.05, 3.63) is 0 Å². The molecule has 0 aromatic carbocycles. The number of rotatable bonds is 5. The second-order valence-corrected chi connectivity index (χ2v) is 2.23. The lowest BCUT2D eigenvalue weighted by Gasteiger charge is -2.00. The number of nitrogens with one attached hydrogen (secondary N) is 2. The summed E-state index contributed by atoms with van der Waals surface area (Å²) in [5.41, 5.74) is 6.56. The first-order valence-electron chi connectivity index (χ1n) is 3.68. The van der Waals surface area contributed by atoms with E-state index < -0.39 is 5.91 Å². The molecular weight excluding hydrogens is 144 g/mol. The molecular formula is C7H13N2O2. The molecule has 0 bridgehead atoms. The zero-order valence-electron chi connectivity index (χ0n) is 6.64. The zero-order valence-corrected chi connectivity index (χ0v) is 6.64. The van der Waals surface area contributed by atoms with E-state index in [1.54, 1.807) is 6.92 Å². The Morgan fingerprint density at radius 1 is 1.45 bits per heavy atom. The zero-order chi connectivity index (χ0) is 8.69. The van der Waals surface area contributed by atoms with Crippen molar-refractivity contribution in [3.63, 3.8) is 0 Å². The van der Waals surface area contributed by atoms with Crippen LogP contribution in [0.2, 0.25) is 0 Å². The lowest BCUT2D eigenvalue weighted by Crippen LogP contribution is -2.23. The number of carbonyl (C=O) groups excluding carboxylic acids is 2. The summed E-state index contributed by atoms with van der Waals surface area (Å²) in [6.45, 7) is 2.27. The molecule has 0 heterocycles. The first-order chi connectivity index (χ1) is 5.16. The largest absolute Gasteiger partial charge is 0.356 e. The second-order valence-electron chi connectivity index (χ2n) is 2.23. The number of hydrogen-bond donors (Lipinski definition) is 1. The van der Waals surface area contributed by atoms with Gasteiger partial charge in [-0.2, -0.15) is 0 Å². The predicted molar refractivity (Wildman–Crippen MR) is 40.6 cm³/mol. The van der Waals surface area contributed by atoms with Gasteiger partial charge in [-0.05, 0) is 6.42 Å². The summed E-state index contributed by atoms with van der Waals surface area (Å²) >= 11 is 0. The van der Waals surface area contributed by atoms with Crippen molar-refractivity contribution in [1.29, 1.82) is 0 Å². The Balaban J connectivity index is 3.14. The third-order valence-electron chi connectivity index (χ3n) is 1.22. The minimum absolute atomic E-state index is 0.0116. The summed E-state index contributed by atoms with van der Waals surface area (Å²) in [4.78, 5) is 20.7. The second kappa shape index (κ2) is 5.70. The molecule has 0 spiro atoms. The molecule has 0 aliphatic heterocycles. The molecule has 0 atom stereocenters. The quantitative estimate of drug-likeness (QED) is 0.575. The van der Waals surface area contributed by atoms with Crippen molar-refractivity contribution in [1.82, 2.24) is 11.1 Å². The highest BCUT2D eigenvalue weighted by Crippen LogP contribution is 1.85. The number of amides is 2. The van der Waals surface area contributed by atoms with E-state index in [1.165, 1.54) is 0 Å². The van der Waals surface area contributed by atoms with Crippen molar-refractivity contribution >= 4 is 11.8 Å². The van der Waals surface area contributed by atoms with Gasteiger partial charge in [-0.1, -0.05) is 6.92 Å². The van der Waals surface area contributed by atoms with E-state index in [9.17, 15) is 9.59 Å². The van der Waals surface area contributed by atoms with Gasteiger partial charge in [0.25, 0.3) is 0 Å². The molecule has 0 fully saturated rings. The SMILES string of the molecule is CCC(=O)NCCCC([NH])=O. The fourth-order valence-electron chi connectivity index (χ4n) is 0.602. The standard InChI is InChI=1S/C7H13N2O2/c1-2-7(11)9-5-3-4-6(8)10/h8H,2-5H2,1H3,(H,9,11). The van der Waals surface area contributed by atoms with Crippen LogP contribution in [0.4, 0.5) is 0 Å². The topological polar surface area (TPSA) is 70.0 Å². The molecule has 0 saturated heterocycles. The van der Waals surface area contributed by atoms with E-state index in [1.807, 2.05) is 0 Å². The Kier molecular flexibility index (Phi) is 5.15. The van der Waals surface area contributed by atoms with Crippen LogP contribution >= 0.6 is 0 Å². The lowest BCUT2D eigenvalue weighted by atomic mass is 10.3. The van der Waals surface area contributed by atoms with Crippen LogP contribution in [0.3, 0.4) is 0 Å². The molecule has 11 heavy (non-hydrogen) atoms. The highest BCUT2D eigenvalue weighted by atomic mass is 16.1. The normalized spacial score (nSPS) is 9.18. The maximum atomic E-state index is 10.6. The highest BCUT2D eigenvalue weighted by molar-refractivity contribution is 5.75. The molecule has 2 amide bonds. The fraction of sp³-hybridized carbons (Fsp3) is 0.714. The van der Waals surface area contributed by atoms with Gasteiger partial charge in [0.2, 0.25) is 11.8 Å². The summed E-state index contributed by atoms with van der Waals surface area (Å²) in [5.74, 6) is -0.585. The summed E-state index contributed by atoms with van der Waals surface area (Å²) in [6, 6.07) is 0. The van der Waals surface area contributed by atoms with Crippen molar-refractivity contribution in [2.45, 2.75) is 26.2 Å². The summed E-state index contributed by atoms with van der Waals surface area (Å²) in [6.07, 6.45) is 1.26. The van der Waals surface area contributed by atoms with Crippen LogP contribution in [0.15, 0.2) is 0 Å². The Bertz CT molecular complexity index is 145. The van der Waals surface area contributed by atoms with Crippen LogP contribution in [0.5, 0.6) is 0 Å². The third kappa shape index (κ3) is 6.83. The molecule has 0 aliphatic rings. The van der Waals surface area contributed by atoms with Gasteiger partial charge in [0.05, 0.1) is 0 Å². The van der Waals surface area contributed by atoms with Crippen molar-refractivity contribution < 1.29 is 9.59 Å². The van der Waals surface area contributed by atoms with Gasteiger partial charge in [0, 0.05) is 19.4 Å². The molecule has 4 nitrogen and oxygen atoms in total.